The largest absolute Gasteiger partial charge is 0.481 e. The van der Waals surface area contributed by atoms with Crippen LogP contribution in [0.4, 0.5) is 11.4 Å². The smallest absolute Gasteiger partial charge is 0.308 e. The van der Waals surface area contributed by atoms with Crippen LogP contribution in [-0.4, -0.2) is 29.1 Å². The van der Waals surface area contributed by atoms with E-state index in [2.05, 4.69) is 0 Å². The van der Waals surface area contributed by atoms with Gasteiger partial charge >= 0.3 is 5.97 Å². The van der Waals surface area contributed by atoms with Crippen molar-refractivity contribution >= 4 is 17.3 Å². The second-order valence-corrected chi connectivity index (χ2v) is 5.01. The summed E-state index contributed by atoms with van der Waals surface area (Å²) in [6.07, 6.45) is 0. The van der Waals surface area contributed by atoms with Crippen LogP contribution in [0.5, 0.6) is 0 Å². The number of carboxylic acid groups (broad SMARTS) is 1. The molecule has 1 heterocycles. The van der Waals surface area contributed by atoms with Gasteiger partial charge in [0.25, 0.3) is 5.69 Å². The lowest BCUT2D eigenvalue weighted by Gasteiger charge is -2.20. The van der Waals surface area contributed by atoms with Gasteiger partial charge in [0, 0.05) is 24.8 Å². The van der Waals surface area contributed by atoms with Crippen LogP contribution in [-0.2, 0) is 4.79 Å². The van der Waals surface area contributed by atoms with Crippen molar-refractivity contribution in [3.63, 3.8) is 0 Å². The van der Waals surface area contributed by atoms with Crippen molar-refractivity contribution < 1.29 is 14.8 Å². The summed E-state index contributed by atoms with van der Waals surface area (Å²) in [6.45, 7) is 4.61. The summed E-state index contributed by atoms with van der Waals surface area (Å²) in [7, 11) is 0. The summed E-state index contributed by atoms with van der Waals surface area (Å²) in [4.78, 5) is 23.5. The number of hydrogen-bond donors (Lipinski definition) is 1. The van der Waals surface area contributed by atoms with Gasteiger partial charge in [-0.25, -0.2) is 0 Å². The van der Waals surface area contributed by atoms with Crippen LogP contribution < -0.4 is 4.90 Å². The van der Waals surface area contributed by atoms with Gasteiger partial charge in [0.05, 0.1) is 16.4 Å². The molecular formula is C13H16N2O4. The predicted molar refractivity (Wildman–Crippen MR) is 70.3 cm³/mol. The van der Waals surface area contributed by atoms with Gasteiger partial charge < -0.3 is 10.0 Å². The third-order valence-corrected chi connectivity index (χ3v) is 3.74. The van der Waals surface area contributed by atoms with Crippen molar-refractivity contribution in [1.82, 2.24) is 0 Å². The number of rotatable bonds is 3. The highest BCUT2D eigenvalue weighted by atomic mass is 16.6. The molecule has 1 fully saturated rings. The highest BCUT2D eigenvalue weighted by molar-refractivity contribution is 5.73. The quantitative estimate of drug-likeness (QED) is 0.667. The minimum absolute atomic E-state index is 0.0381. The van der Waals surface area contributed by atoms with Crippen LogP contribution in [0.1, 0.15) is 12.5 Å². The fourth-order valence-corrected chi connectivity index (χ4v) is 2.64. The summed E-state index contributed by atoms with van der Waals surface area (Å²) in [5.41, 5.74) is 1.42. The molecule has 0 amide bonds. The van der Waals surface area contributed by atoms with Crippen LogP contribution in [0, 0.1) is 28.9 Å². The average molecular weight is 264 g/mol. The fraction of sp³-hybridized carbons (Fsp3) is 0.462. The van der Waals surface area contributed by atoms with Crippen LogP contribution >= 0.6 is 0 Å². The van der Waals surface area contributed by atoms with E-state index in [-0.39, 0.29) is 11.6 Å². The van der Waals surface area contributed by atoms with Gasteiger partial charge in [-0.2, -0.15) is 0 Å². The standard InChI is InChI=1S/C13H16N2O4/c1-8-6-14(7-10(8)13(16)17)11-4-3-5-12(9(11)2)15(18)19/h3-5,8,10H,6-7H2,1-2H3,(H,16,17)/t8-,10-/m1/s1. The van der Waals surface area contributed by atoms with Gasteiger partial charge in [0.2, 0.25) is 0 Å². The number of nitro benzene ring substituents is 1. The maximum Gasteiger partial charge on any atom is 0.308 e. The molecule has 102 valence electrons. The third-order valence-electron chi connectivity index (χ3n) is 3.74. The Kier molecular flexibility index (Phi) is 3.42. The van der Waals surface area contributed by atoms with E-state index in [1.165, 1.54) is 6.07 Å². The molecule has 0 aromatic heterocycles. The maximum atomic E-state index is 11.1. The van der Waals surface area contributed by atoms with Crippen molar-refractivity contribution in [3.05, 3.63) is 33.9 Å². The first-order valence-electron chi connectivity index (χ1n) is 6.13. The number of nitro groups is 1. The average Bonchev–Trinajstić information content (AvgIpc) is 2.71. The Morgan fingerprint density at radius 1 is 1.47 bits per heavy atom. The minimum atomic E-state index is -0.807. The molecule has 6 heteroatoms. The molecule has 1 saturated heterocycles. The number of benzene rings is 1. The molecule has 2 atom stereocenters. The van der Waals surface area contributed by atoms with Crippen molar-refractivity contribution in [1.29, 1.82) is 0 Å². The first kappa shape index (κ1) is 13.3. The fourth-order valence-electron chi connectivity index (χ4n) is 2.64. The molecule has 1 aliphatic heterocycles. The monoisotopic (exact) mass is 264 g/mol. The molecule has 1 N–H and O–H groups in total. The van der Waals surface area contributed by atoms with Gasteiger partial charge in [-0.3, -0.25) is 14.9 Å². The SMILES string of the molecule is Cc1c(N2C[C@@H](C)[C@H](C(=O)O)C2)cccc1[N+](=O)[O-]. The van der Waals surface area contributed by atoms with E-state index < -0.39 is 16.8 Å². The molecule has 0 radical (unpaired) electrons. The van der Waals surface area contributed by atoms with E-state index in [4.69, 9.17) is 5.11 Å². The number of hydrogen-bond acceptors (Lipinski definition) is 4. The van der Waals surface area contributed by atoms with E-state index in [0.29, 0.717) is 18.7 Å². The van der Waals surface area contributed by atoms with Crippen LogP contribution in [0.25, 0.3) is 0 Å². The van der Waals surface area contributed by atoms with Gasteiger partial charge in [-0.05, 0) is 18.9 Å². The molecule has 0 unspecified atom stereocenters. The van der Waals surface area contributed by atoms with Crippen LogP contribution in [0.3, 0.4) is 0 Å². The van der Waals surface area contributed by atoms with Crippen molar-refractivity contribution in [2.75, 3.05) is 18.0 Å². The van der Waals surface area contributed by atoms with E-state index in [0.717, 1.165) is 5.69 Å². The molecule has 1 aromatic rings. The van der Waals surface area contributed by atoms with Crippen LogP contribution in [0.2, 0.25) is 0 Å². The molecule has 6 nitrogen and oxygen atoms in total. The molecule has 0 saturated carbocycles. The Bertz CT molecular complexity index is 529. The van der Waals surface area contributed by atoms with Gasteiger partial charge in [-0.15, -0.1) is 0 Å². The number of nitrogens with zero attached hydrogens (tertiary/aromatic N) is 2. The maximum absolute atomic E-state index is 11.1. The predicted octanol–water partition coefficient (Wildman–Crippen LogP) is 2.06. The molecule has 19 heavy (non-hydrogen) atoms. The van der Waals surface area contributed by atoms with E-state index in [1.807, 2.05) is 11.8 Å². The van der Waals surface area contributed by atoms with Crippen molar-refractivity contribution in [2.45, 2.75) is 13.8 Å². The molecule has 0 aliphatic carbocycles. The second-order valence-electron chi connectivity index (χ2n) is 5.01. The normalized spacial score (nSPS) is 22.5. The summed E-state index contributed by atoms with van der Waals surface area (Å²) in [5.74, 6) is -1.19. The molecule has 0 bridgehead atoms. The summed E-state index contributed by atoms with van der Waals surface area (Å²) in [6, 6.07) is 4.91. The van der Waals surface area contributed by atoms with Crippen molar-refractivity contribution in [3.8, 4) is 0 Å². The highest BCUT2D eigenvalue weighted by Crippen LogP contribution is 2.33. The summed E-state index contributed by atoms with van der Waals surface area (Å²) in [5, 5.41) is 20.0. The number of carbonyl (C=O) groups is 1. The van der Waals surface area contributed by atoms with Crippen LogP contribution in [0.15, 0.2) is 18.2 Å². The van der Waals surface area contributed by atoms with Gasteiger partial charge in [0.15, 0.2) is 0 Å². The zero-order chi connectivity index (χ0) is 14.2. The Balaban J connectivity index is 2.32. The number of aliphatic carboxylic acids is 1. The Labute approximate surface area is 110 Å². The Morgan fingerprint density at radius 3 is 2.68 bits per heavy atom. The lowest BCUT2D eigenvalue weighted by molar-refractivity contribution is -0.385. The Morgan fingerprint density at radius 2 is 2.16 bits per heavy atom. The van der Waals surface area contributed by atoms with E-state index in [1.54, 1.807) is 19.1 Å². The number of anilines is 1. The minimum Gasteiger partial charge on any atom is -0.481 e. The number of carboxylic acids is 1. The topological polar surface area (TPSA) is 83.7 Å². The zero-order valence-corrected chi connectivity index (χ0v) is 10.9. The lowest BCUT2D eigenvalue weighted by atomic mass is 9.99. The summed E-state index contributed by atoms with van der Waals surface area (Å²) >= 11 is 0. The molecule has 2 rings (SSSR count). The highest BCUT2D eigenvalue weighted by Gasteiger charge is 2.35. The van der Waals surface area contributed by atoms with Gasteiger partial charge in [0.1, 0.15) is 0 Å². The van der Waals surface area contributed by atoms with Gasteiger partial charge in [-0.1, -0.05) is 13.0 Å². The molecular weight excluding hydrogens is 248 g/mol. The first-order valence-corrected chi connectivity index (χ1v) is 6.13. The Hall–Kier alpha value is -2.11. The zero-order valence-electron chi connectivity index (χ0n) is 10.9. The van der Waals surface area contributed by atoms with E-state index in [9.17, 15) is 14.9 Å². The van der Waals surface area contributed by atoms with Crippen molar-refractivity contribution in [2.24, 2.45) is 11.8 Å². The summed E-state index contributed by atoms with van der Waals surface area (Å²) < 4.78 is 0. The lowest BCUT2D eigenvalue weighted by Crippen LogP contribution is -2.23. The third kappa shape index (κ3) is 2.38. The van der Waals surface area contributed by atoms with E-state index >= 15 is 0 Å². The molecule has 1 aliphatic rings. The second kappa shape index (κ2) is 4.87. The first-order chi connectivity index (χ1) is 8.91. The molecule has 1 aromatic carbocycles. The molecule has 0 spiro atoms.